The van der Waals surface area contributed by atoms with Gasteiger partial charge in [0.2, 0.25) is 0 Å². The van der Waals surface area contributed by atoms with E-state index in [0.717, 1.165) is 25.7 Å². The lowest BCUT2D eigenvalue weighted by Crippen LogP contribution is -2.49. The molecule has 0 radical (unpaired) electrons. The average Bonchev–Trinajstić information content (AvgIpc) is 2.61. The minimum absolute atomic E-state index is 0.373. The van der Waals surface area contributed by atoms with Crippen molar-refractivity contribution in [2.75, 3.05) is 33.2 Å². The number of guanidine groups is 1. The maximum atomic E-state index is 13.6. The third kappa shape index (κ3) is 5.44. The van der Waals surface area contributed by atoms with Gasteiger partial charge in [0.15, 0.2) is 5.96 Å². The summed E-state index contributed by atoms with van der Waals surface area (Å²) in [7, 11) is 1.72. The number of aliphatic imine (C=N–C) groups is 1. The van der Waals surface area contributed by atoms with Crippen molar-refractivity contribution in [3.63, 3.8) is 0 Å². The molecule has 1 aromatic rings. The van der Waals surface area contributed by atoms with Crippen LogP contribution in [0.2, 0.25) is 0 Å². The van der Waals surface area contributed by atoms with Gasteiger partial charge in [0.25, 0.3) is 0 Å². The number of benzene rings is 1. The van der Waals surface area contributed by atoms with Gasteiger partial charge in [0, 0.05) is 26.2 Å². The van der Waals surface area contributed by atoms with E-state index in [9.17, 15) is 8.78 Å². The van der Waals surface area contributed by atoms with Gasteiger partial charge in [-0.3, -0.25) is 9.89 Å². The summed E-state index contributed by atoms with van der Waals surface area (Å²) in [6.07, 6.45) is 4.16. The fourth-order valence-electron chi connectivity index (χ4n) is 3.19. The van der Waals surface area contributed by atoms with Crippen molar-refractivity contribution in [1.29, 1.82) is 0 Å². The number of piperidine rings is 1. The first-order valence-electron chi connectivity index (χ1n) is 8.76. The zero-order valence-electron chi connectivity index (χ0n) is 14.6. The summed E-state index contributed by atoms with van der Waals surface area (Å²) in [6, 6.07) is 4.08. The summed E-state index contributed by atoms with van der Waals surface area (Å²) in [5.74, 6) is -0.0822. The number of halogens is 2. The largest absolute Gasteiger partial charge is 0.356 e. The molecule has 0 saturated carbocycles. The minimum Gasteiger partial charge on any atom is -0.356 e. The zero-order chi connectivity index (χ0) is 17.4. The van der Waals surface area contributed by atoms with E-state index in [1.54, 1.807) is 7.05 Å². The van der Waals surface area contributed by atoms with E-state index in [4.69, 9.17) is 0 Å². The zero-order valence-corrected chi connectivity index (χ0v) is 14.6. The molecule has 1 aromatic carbocycles. The van der Waals surface area contributed by atoms with Gasteiger partial charge in [-0.15, -0.1) is 0 Å². The van der Waals surface area contributed by atoms with E-state index in [1.165, 1.54) is 31.4 Å². The van der Waals surface area contributed by atoms with Crippen molar-refractivity contribution >= 4 is 5.96 Å². The molecule has 2 N–H and O–H groups in total. The number of hydrogen-bond donors (Lipinski definition) is 2. The second-order valence-corrected chi connectivity index (χ2v) is 6.14. The Bertz CT molecular complexity index is 548. The Hall–Kier alpha value is -1.69. The van der Waals surface area contributed by atoms with Crippen molar-refractivity contribution in [3.8, 4) is 0 Å². The molecule has 1 aliphatic heterocycles. The molecule has 4 nitrogen and oxygen atoms in total. The lowest BCUT2D eigenvalue weighted by molar-refractivity contribution is 0.157. The molecule has 2 rings (SSSR count). The molecule has 24 heavy (non-hydrogen) atoms. The molecule has 1 unspecified atom stereocenters. The van der Waals surface area contributed by atoms with E-state index < -0.39 is 5.82 Å². The predicted molar refractivity (Wildman–Crippen MR) is 94.3 cm³/mol. The highest BCUT2D eigenvalue weighted by atomic mass is 19.1. The molecule has 1 fully saturated rings. The van der Waals surface area contributed by atoms with Gasteiger partial charge in [-0.05, 0) is 56.1 Å². The van der Waals surface area contributed by atoms with Crippen LogP contribution < -0.4 is 10.6 Å². The fraction of sp³-hybridized carbons (Fsp3) is 0.611. The monoisotopic (exact) mass is 338 g/mol. The highest BCUT2D eigenvalue weighted by Crippen LogP contribution is 2.15. The molecule has 0 amide bonds. The third-order valence-electron chi connectivity index (χ3n) is 4.58. The summed E-state index contributed by atoms with van der Waals surface area (Å²) >= 11 is 0. The van der Waals surface area contributed by atoms with Crippen LogP contribution >= 0.6 is 0 Å². The smallest absolute Gasteiger partial charge is 0.191 e. The van der Waals surface area contributed by atoms with E-state index in [2.05, 4.69) is 27.4 Å². The second-order valence-electron chi connectivity index (χ2n) is 6.14. The van der Waals surface area contributed by atoms with Crippen LogP contribution in [0.4, 0.5) is 8.78 Å². The number of rotatable bonds is 6. The lowest BCUT2D eigenvalue weighted by Gasteiger charge is -2.35. The quantitative estimate of drug-likeness (QED) is 0.619. The van der Waals surface area contributed by atoms with Crippen LogP contribution in [0.5, 0.6) is 0 Å². The maximum absolute atomic E-state index is 13.6. The van der Waals surface area contributed by atoms with E-state index in [1.807, 2.05) is 0 Å². The first-order valence-corrected chi connectivity index (χ1v) is 8.76. The van der Waals surface area contributed by atoms with E-state index in [-0.39, 0.29) is 5.82 Å². The summed E-state index contributed by atoms with van der Waals surface area (Å²) in [5, 5.41) is 6.51. The summed E-state index contributed by atoms with van der Waals surface area (Å²) in [4.78, 5) is 6.69. The van der Waals surface area contributed by atoms with Crippen molar-refractivity contribution in [3.05, 3.63) is 35.4 Å². The Morgan fingerprint density at radius 2 is 2.12 bits per heavy atom. The van der Waals surface area contributed by atoms with Gasteiger partial charge in [-0.2, -0.15) is 0 Å². The maximum Gasteiger partial charge on any atom is 0.191 e. The van der Waals surface area contributed by atoms with Crippen LogP contribution in [-0.4, -0.2) is 50.1 Å². The summed E-state index contributed by atoms with van der Waals surface area (Å²) in [5.41, 5.74) is 0.377. The predicted octanol–water partition coefficient (Wildman–Crippen LogP) is 2.55. The van der Waals surface area contributed by atoms with E-state index >= 15 is 0 Å². The Labute approximate surface area is 143 Å². The normalized spacial score (nSPS) is 19.3. The standard InChI is InChI=1S/C18H28F2N4/c1-3-24-11-5-4-6-16(24)13-23-18(21-2)22-10-9-14-12-15(19)7-8-17(14)20/h7-8,12,16H,3-6,9-11,13H2,1-2H3,(H2,21,22,23). The molecular weight excluding hydrogens is 310 g/mol. The number of nitrogens with zero attached hydrogens (tertiary/aromatic N) is 2. The summed E-state index contributed by atoms with van der Waals surface area (Å²) < 4.78 is 26.8. The highest BCUT2D eigenvalue weighted by molar-refractivity contribution is 5.79. The van der Waals surface area contributed by atoms with Gasteiger partial charge < -0.3 is 10.6 Å². The lowest BCUT2D eigenvalue weighted by atomic mass is 10.0. The Balaban J connectivity index is 1.77. The average molecular weight is 338 g/mol. The number of hydrogen-bond acceptors (Lipinski definition) is 2. The number of nitrogens with one attached hydrogen (secondary N) is 2. The molecule has 1 aliphatic rings. The Morgan fingerprint density at radius 1 is 1.29 bits per heavy atom. The molecule has 1 atom stereocenters. The van der Waals surface area contributed by atoms with Gasteiger partial charge in [-0.25, -0.2) is 8.78 Å². The molecule has 1 heterocycles. The van der Waals surface area contributed by atoms with Gasteiger partial charge in [0.05, 0.1) is 0 Å². The first kappa shape index (κ1) is 18.6. The van der Waals surface area contributed by atoms with Gasteiger partial charge in [-0.1, -0.05) is 13.3 Å². The van der Waals surface area contributed by atoms with Crippen LogP contribution in [-0.2, 0) is 6.42 Å². The molecule has 0 aromatic heterocycles. The first-order chi connectivity index (χ1) is 11.6. The Kier molecular flexibility index (Phi) is 7.43. The number of likely N-dealkylation sites (N-methyl/N-ethyl adjacent to an activating group) is 1. The molecule has 1 saturated heterocycles. The van der Waals surface area contributed by atoms with Crippen molar-refractivity contribution in [2.45, 2.75) is 38.6 Å². The van der Waals surface area contributed by atoms with Crippen LogP contribution in [0.15, 0.2) is 23.2 Å². The SMILES string of the molecule is CCN1CCCCC1CNC(=NC)NCCc1cc(F)ccc1F. The molecule has 0 bridgehead atoms. The minimum atomic E-state index is -0.411. The molecule has 0 aliphatic carbocycles. The fourth-order valence-corrected chi connectivity index (χ4v) is 3.19. The van der Waals surface area contributed by atoms with Crippen molar-refractivity contribution in [2.24, 2.45) is 4.99 Å². The Morgan fingerprint density at radius 3 is 2.88 bits per heavy atom. The molecule has 134 valence electrons. The molecular formula is C18H28F2N4. The van der Waals surface area contributed by atoms with Crippen LogP contribution in [0.3, 0.4) is 0 Å². The van der Waals surface area contributed by atoms with E-state index in [0.29, 0.717) is 30.5 Å². The third-order valence-corrected chi connectivity index (χ3v) is 4.58. The topological polar surface area (TPSA) is 39.7 Å². The number of likely N-dealkylation sites (tertiary alicyclic amines) is 1. The van der Waals surface area contributed by atoms with Crippen molar-refractivity contribution in [1.82, 2.24) is 15.5 Å². The van der Waals surface area contributed by atoms with Crippen LogP contribution in [0, 0.1) is 11.6 Å². The van der Waals surface area contributed by atoms with Crippen LogP contribution in [0.25, 0.3) is 0 Å². The molecule has 6 heteroatoms. The molecule has 0 spiro atoms. The van der Waals surface area contributed by atoms with Crippen LogP contribution in [0.1, 0.15) is 31.7 Å². The highest BCUT2D eigenvalue weighted by Gasteiger charge is 2.20. The second kappa shape index (κ2) is 9.57. The van der Waals surface area contributed by atoms with Gasteiger partial charge in [0.1, 0.15) is 11.6 Å². The van der Waals surface area contributed by atoms with Crippen molar-refractivity contribution < 1.29 is 8.78 Å². The summed E-state index contributed by atoms with van der Waals surface area (Å²) in [6.45, 7) is 5.77. The van der Waals surface area contributed by atoms with Gasteiger partial charge >= 0.3 is 0 Å².